The van der Waals surface area contributed by atoms with E-state index in [1.807, 2.05) is 30.3 Å². The first-order chi connectivity index (χ1) is 15.2. The number of methoxy groups -OCH3 is 1. The van der Waals surface area contributed by atoms with Crippen LogP contribution in [0.15, 0.2) is 71.7 Å². The number of hydrogen-bond donors (Lipinski definition) is 1. The first-order valence-electron chi connectivity index (χ1n) is 9.48. The molecule has 4 aromatic rings. The summed E-state index contributed by atoms with van der Waals surface area (Å²) < 4.78 is 45.8. The Labute approximate surface area is 179 Å². The van der Waals surface area contributed by atoms with Gasteiger partial charge in [0.15, 0.2) is 11.3 Å². The van der Waals surface area contributed by atoms with Gasteiger partial charge in [-0.25, -0.2) is 9.48 Å². The predicted molar refractivity (Wildman–Crippen MR) is 111 cm³/mol. The molecule has 1 N–H and O–H groups in total. The number of ether oxygens (including phenoxy) is 1. The number of benzene rings is 2. The molecule has 0 fully saturated rings. The zero-order chi connectivity index (χ0) is 23.0. The number of nitrogens with zero attached hydrogens (tertiary/aromatic N) is 2. The molecular formula is C23H17F3N2O4. The van der Waals surface area contributed by atoms with E-state index < -0.39 is 34.6 Å². The Kier molecular flexibility index (Phi) is 5.25. The summed E-state index contributed by atoms with van der Waals surface area (Å²) in [6, 6.07) is 15.1. The fraction of sp³-hybridized carbons (Fsp3) is 0.130. The lowest BCUT2D eigenvalue weighted by molar-refractivity contribution is -0.137. The van der Waals surface area contributed by atoms with Gasteiger partial charge in [0.1, 0.15) is 5.52 Å². The first-order valence-corrected chi connectivity index (χ1v) is 9.48. The van der Waals surface area contributed by atoms with E-state index in [-0.39, 0.29) is 12.1 Å². The number of carbonyl (C=O) groups excluding carboxylic acids is 1. The lowest BCUT2D eigenvalue weighted by Crippen LogP contribution is -2.31. The molecule has 0 unspecified atom stereocenters. The minimum absolute atomic E-state index is 0.138. The number of hydrogen-bond acceptors (Lipinski definition) is 4. The van der Waals surface area contributed by atoms with Crippen molar-refractivity contribution in [3.8, 4) is 16.9 Å². The number of aromatic hydroxyl groups is 1. The third-order valence-corrected chi connectivity index (χ3v) is 5.10. The minimum atomic E-state index is -4.48. The molecule has 9 heteroatoms. The van der Waals surface area contributed by atoms with E-state index in [9.17, 15) is 27.9 Å². The molecule has 0 atom stereocenters. The van der Waals surface area contributed by atoms with Crippen LogP contribution in [0.5, 0.6) is 5.75 Å². The Balaban J connectivity index is 1.90. The molecule has 0 spiro atoms. The fourth-order valence-corrected chi connectivity index (χ4v) is 3.48. The van der Waals surface area contributed by atoms with E-state index in [0.717, 1.165) is 29.5 Å². The minimum Gasteiger partial charge on any atom is -0.505 e. The van der Waals surface area contributed by atoms with Crippen molar-refractivity contribution in [2.24, 2.45) is 0 Å². The van der Waals surface area contributed by atoms with Crippen LogP contribution in [0.3, 0.4) is 0 Å². The summed E-state index contributed by atoms with van der Waals surface area (Å²) in [6.07, 6.45) is -2.87. The molecule has 2 aromatic heterocycles. The molecule has 0 radical (unpaired) electrons. The Hall–Kier alpha value is -4.01. The molecule has 6 nitrogen and oxygen atoms in total. The molecule has 4 rings (SSSR count). The van der Waals surface area contributed by atoms with Crippen LogP contribution in [0.2, 0.25) is 0 Å². The summed E-state index contributed by atoms with van der Waals surface area (Å²) in [5.74, 6) is -1.55. The second-order valence-electron chi connectivity index (χ2n) is 7.10. The second-order valence-corrected chi connectivity index (χ2v) is 7.10. The van der Waals surface area contributed by atoms with E-state index in [0.29, 0.717) is 11.1 Å². The predicted octanol–water partition coefficient (Wildman–Crippen LogP) is 4.33. The molecule has 2 aromatic carbocycles. The van der Waals surface area contributed by atoms with Gasteiger partial charge in [-0.15, -0.1) is 0 Å². The molecule has 0 saturated carbocycles. The van der Waals surface area contributed by atoms with Crippen molar-refractivity contribution in [1.82, 2.24) is 9.20 Å². The summed E-state index contributed by atoms with van der Waals surface area (Å²) in [5.41, 5.74) is -0.144. The molecule has 32 heavy (non-hydrogen) atoms. The molecule has 2 heterocycles. The topological polar surface area (TPSA) is 72.9 Å². The summed E-state index contributed by atoms with van der Waals surface area (Å²) in [6.45, 7) is -0.138. The Morgan fingerprint density at radius 2 is 1.69 bits per heavy atom. The molecule has 0 saturated heterocycles. The third-order valence-electron chi connectivity index (χ3n) is 5.10. The molecular weight excluding hydrogens is 425 g/mol. The van der Waals surface area contributed by atoms with Crippen LogP contribution in [-0.4, -0.2) is 27.4 Å². The summed E-state index contributed by atoms with van der Waals surface area (Å²) in [7, 11) is 1.08. The van der Waals surface area contributed by atoms with E-state index in [1.54, 1.807) is 12.3 Å². The zero-order valence-electron chi connectivity index (χ0n) is 16.8. The Bertz CT molecular complexity index is 1350. The summed E-state index contributed by atoms with van der Waals surface area (Å²) in [4.78, 5) is 25.3. The lowest BCUT2D eigenvalue weighted by Gasteiger charge is -2.14. The van der Waals surface area contributed by atoms with Crippen molar-refractivity contribution < 1.29 is 27.8 Å². The van der Waals surface area contributed by atoms with Crippen LogP contribution >= 0.6 is 0 Å². The van der Waals surface area contributed by atoms with Crippen molar-refractivity contribution in [1.29, 1.82) is 0 Å². The van der Waals surface area contributed by atoms with Crippen LogP contribution in [0, 0.1) is 0 Å². The monoisotopic (exact) mass is 442 g/mol. The Morgan fingerprint density at radius 3 is 2.28 bits per heavy atom. The molecule has 0 aliphatic carbocycles. The number of rotatable bonds is 4. The number of alkyl halides is 3. The van der Waals surface area contributed by atoms with Crippen LogP contribution < -0.4 is 5.56 Å². The van der Waals surface area contributed by atoms with Crippen molar-refractivity contribution in [3.05, 3.63) is 93.9 Å². The van der Waals surface area contributed by atoms with Crippen LogP contribution in [-0.2, 0) is 17.5 Å². The number of fused-ring (bicyclic) bond motifs is 1. The SMILES string of the molecule is COC(=O)c1c(O)c2cc(-c3ccccc3)cn2n(Cc2ccc(C(F)(F)F)cc2)c1=O. The number of halogens is 3. The van der Waals surface area contributed by atoms with Gasteiger partial charge in [-0.05, 0) is 29.3 Å². The molecule has 164 valence electrons. The van der Waals surface area contributed by atoms with Crippen molar-refractivity contribution >= 4 is 11.5 Å². The molecule has 0 amide bonds. The largest absolute Gasteiger partial charge is 0.505 e. The zero-order valence-corrected chi connectivity index (χ0v) is 16.8. The Morgan fingerprint density at radius 1 is 1.03 bits per heavy atom. The number of esters is 1. The van der Waals surface area contributed by atoms with Crippen LogP contribution in [0.4, 0.5) is 13.2 Å². The molecule has 0 aliphatic heterocycles. The van der Waals surface area contributed by atoms with Crippen molar-refractivity contribution in [2.75, 3.05) is 7.11 Å². The van der Waals surface area contributed by atoms with Gasteiger partial charge in [0.05, 0.1) is 19.2 Å². The highest BCUT2D eigenvalue weighted by atomic mass is 19.4. The van der Waals surface area contributed by atoms with Crippen LogP contribution in [0.1, 0.15) is 21.5 Å². The van der Waals surface area contributed by atoms with Gasteiger partial charge in [-0.2, -0.15) is 13.2 Å². The van der Waals surface area contributed by atoms with E-state index in [4.69, 9.17) is 0 Å². The van der Waals surface area contributed by atoms with Crippen molar-refractivity contribution in [3.63, 3.8) is 0 Å². The second kappa shape index (κ2) is 7.92. The highest BCUT2D eigenvalue weighted by Crippen LogP contribution is 2.30. The average Bonchev–Trinajstić information content (AvgIpc) is 3.23. The van der Waals surface area contributed by atoms with E-state index >= 15 is 0 Å². The standard InChI is InChI=1S/C23H17F3N2O4/c1-32-22(31)19-20(29)18-11-16(15-5-3-2-4-6-15)13-27(18)28(21(19)30)12-14-7-9-17(10-8-14)23(24,25)26/h2-11,13,29H,12H2,1H3. The summed E-state index contributed by atoms with van der Waals surface area (Å²) in [5, 5.41) is 10.6. The first kappa shape index (κ1) is 21.2. The maximum atomic E-state index is 13.1. The normalized spacial score (nSPS) is 11.6. The van der Waals surface area contributed by atoms with Gasteiger partial charge in [-0.1, -0.05) is 42.5 Å². The van der Waals surface area contributed by atoms with Gasteiger partial charge >= 0.3 is 12.1 Å². The van der Waals surface area contributed by atoms with Gasteiger partial charge in [-0.3, -0.25) is 9.31 Å². The lowest BCUT2D eigenvalue weighted by atomic mass is 10.1. The highest BCUT2D eigenvalue weighted by Gasteiger charge is 2.30. The quantitative estimate of drug-likeness (QED) is 0.478. The van der Waals surface area contributed by atoms with Gasteiger partial charge in [0.2, 0.25) is 0 Å². The van der Waals surface area contributed by atoms with Gasteiger partial charge in [0.25, 0.3) is 5.56 Å². The number of aromatic nitrogens is 2. The molecule has 0 bridgehead atoms. The van der Waals surface area contributed by atoms with E-state index in [2.05, 4.69) is 4.74 Å². The van der Waals surface area contributed by atoms with Gasteiger partial charge < -0.3 is 9.84 Å². The highest BCUT2D eigenvalue weighted by molar-refractivity contribution is 5.95. The average molecular weight is 442 g/mol. The number of carbonyl (C=O) groups is 1. The summed E-state index contributed by atoms with van der Waals surface area (Å²) >= 11 is 0. The fourth-order valence-electron chi connectivity index (χ4n) is 3.48. The maximum Gasteiger partial charge on any atom is 0.416 e. The van der Waals surface area contributed by atoms with Gasteiger partial charge in [0, 0.05) is 11.8 Å². The van der Waals surface area contributed by atoms with Crippen LogP contribution in [0.25, 0.3) is 16.6 Å². The van der Waals surface area contributed by atoms with E-state index in [1.165, 1.54) is 16.6 Å². The maximum absolute atomic E-state index is 13.1. The molecule has 0 aliphatic rings. The smallest absolute Gasteiger partial charge is 0.416 e. The van der Waals surface area contributed by atoms with Crippen molar-refractivity contribution in [2.45, 2.75) is 12.7 Å². The third kappa shape index (κ3) is 3.73.